The second-order valence-corrected chi connectivity index (χ2v) is 5.06. The van der Waals surface area contributed by atoms with Gasteiger partial charge in [-0.3, -0.25) is 9.59 Å². The predicted molar refractivity (Wildman–Crippen MR) is 93.6 cm³/mol. The van der Waals surface area contributed by atoms with E-state index in [1.54, 1.807) is 48.5 Å². The van der Waals surface area contributed by atoms with E-state index in [1.165, 1.54) is 13.1 Å². The van der Waals surface area contributed by atoms with Crippen molar-refractivity contribution in [2.24, 2.45) is 0 Å². The van der Waals surface area contributed by atoms with Crippen molar-refractivity contribution in [1.82, 2.24) is 0 Å². The van der Waals surface area contributed by atoms with Crippen LogP contribution >= 0.6 is 0 Å². The van der Waals surface area contributed by atoms with Crippen LogP contribution in [0, 0.1) is 22.7 Å². The molecule has 0 saturated heterocycles. The van der Waals surface area contributed by atoms with E-state index in [4.69, 9.17) is 10.5 Å². The molecule has 25 heavy (non-hydrogen) atoms. The molecule has 0 fully saturated rings. The largest absolute Gasteiger partial charge is 0.359 e. The summed E-state index contributed by atoms with van der Waals surface area (Å²) < 4.78 is 0. The Morgan fingerprint density at radius 2 is 1.72 bits per heavy atom. The van der Waals surface area contributed by atoms with Crippen LogP contribution in [0.2, 0.25) is 0 Å². The molecule has 0 unspecified atom stereocenters. The zero-order valence-corrected chi connectivity index (χ0v) is 13.4. The van der Waals surface area contributed by atoms with Gasteiger partial charge >= 0.3 is 0 Å². The van der Waals surface area contributed by atoms with E-state index in [-0.39, 0.29) is 11.4 Å². The average molecular weight is 330 g/mol. The van der Waals surface area contributed by atoms with Crippen LogP contribution in [-0.2, 0) is 4.79 Å². The molecule has 2 aromatic carbocycles. The molecule has 6 nitrogen and oxygen atoms in total. The maximum absolute atomic E-state index is 12.2. The molecule has 0 aliphatic carbocycles. The van der Waals surface area contributed by atoms with E-state index in [2.05, 4.69) is 10.6 Å². The van der Waals surface area contributed by atoms with Crippen molar-refractivity contribution in [3.63, 3.8) is 0 Å². The Hall–Kier alpha value is -3.90. The summed E-state index contributed by atoms with van der Waals surface area (Å²) in [5.74, 6) is -0.671. The molecule has 2 aromatic rings. The molecule has 2 N–H and O–H groups in total. The summed E-state index contributed by atoms with van der Waals surface area (Å²) in [6, 6.07) is 16.9. The van der Waals surface area contributed by atoms with Gasteiger partial charge in [0.05, 0.1) is 11.3 Å². The number of hydrogen-bond acceptors (Lipinski definition) is 5. The first kappa shape index (κ1) is 17.5. The van der Waals surface area contributed by atoms with Gasteiger partial charge in [0.1, 0.15) is 17.7 Å². The van der Waals surface area contributed by atoms with Gasteiger partial charge < -0.3 is 10.6 Å². The molecule has 0 spiro atoms. The van der Waals surface area contributed by atoms with Gasteiger partial charge in [-0.25, -0.2) is 0 Å². The van der Waals surface area contributed by atoms with Crippen molar-refractivity contribution in [1.29, 1.82) is 10.5 Å². The van der Waals surface area contributed by atoms with Gasteiger partial charge in [0.25, 0.3) is 5.91 Å². The zero-order chi connectivity index (χ0) is 18.2. The molecule has 122 valence electrons. The molecule has 0 aromatic heterocycles. The van der Waals surface area contributed by atoms with Gasteiger partial charge in [-0.2, -0.15) is 10.5 Å². The highest BCUT2D eigenvalue weighted by Crippen LogP contribution is 2.15. The molecule has 0 radical (unpaired) electrons. The number of nitrogens with zero attached hydrogens (tertiary/aromatic N) is 2. The van der Waals surface area contributed by atoms with Gasteiger partial charge in [0, 0.05) is 17.5 Å². The Kier molecular flexibility index (Phi) is 5.65. The molecular weight excluding hydrogens is 316 g/mol. The van der Waals surface area contributed by atoms with Crippen LogP contribution < -0.4 is 10.6 Å². The van der Waals surface area contributed by atoms with Crippen LogP contribution in [0.15, 0.2) is 60.3 Å². The third-order valence-corrected chi connectivity index (χ3v) is 3.33. The lowest BCUT2D eigenvalue weighted by Gasteiger charge is -2.06. The molecule has 0 heterocycles. The predicted octanol–water partition coefficient (Wildman–Crippen LogP) is 3.22. The topological polar surface area (TPSA) is 106 Å². The second-order valence-electron chi connectivity index (χ2n) is 5.06. The van der Waals surface area contributed by atoms with Gasteiger partial charge in [-0.1, -0.05) is 12.1 Å². The minimum Gasteiger partial charge on any atom is -0.359 e. The highest BCUT2D eigenvalue weighted by atomic mass is 16.1. The molecule has 0 aliphatic rings. The minimum absolute atomic E-state index is 0.0733. The summed E-state index contributed by atoms with van der Waals surface area (Å²) in [7, 11) is 0. The third-order valence-electron chi connectivity index (χ3n) is 3.33. The smallest absolute Gasteiger partial charge is 0.267 e. The monoisotopic (exact) mass is 330 g/mol. The summed E-state index contributed by atoms with van der Waals surface area (Å²) in [5, 5.41) is 23.6. The molecule has 1 amide bonds. The van der Waals surface area contributed by atoms with E-state index in [1.807, 2.05) is 12.1 Å². The first-order valence-corrected chi connectivity index (χ1v) is 7.33. The lowest BCUT2D eigenvalue weighted by atomic mass is 10.1. The first-order chi connectivity index (χ1) is 12.0. The highest BCUT2D eigenvalue weighted by molar-refractivity contribution is 6.07. The number of ketones is 1. The molecule has 2 rings (SSSR count). The van der Waals surface area contributed by atoms with Crippen molar-refractivity contribution < 1.29 is 9.59 Å². The second kappa shape index (κ2) is 8.09. The lowest BCUT2D eigenvalue weighted by Crippen LogP contribution is -2.14. The van der Waals surface area contributed by atoms with E-state index in [9.17, 15) is 9.59 Å². The van der Waals surface area contributed by atoms with E-state index in [0.29, 0.717) is 22.5 Å². The van der Waals surface area contributed by atoms with Crippen LogP contribution in [0.25, 0.3) is 0 Å². The average Bonchev–Trinajstić information content (AvgIpc) is 2.63. The van der Waals surface area contributed by atoms with Crippen LogP contribution in [-0.4, -0.2) is 11.7 Å². The number of rotatable bonds is 5. The van der Waals surface area contributed by atoms with Gasteiger partial charge in [0.2, 0.25) is 0 Å². The number of amides is 1. The van der Waals surface area contributed by atoms with Crippen molar-refractivity contribution in [2.45, 2.75) is 6.92 Å². The number of carbonyl (C=O) groups excluding carboxylic acids is 2. The quantitative estimate of drug-likeness (QED) is 0.497. The van der Waals surface area contributed by atoms with Gasteiger partial charge in [-0.05, 0) is 43.3 Å². The Labute approximate surface area is 145 Å². The normalized spacial score (nSPS) is 10.3. The van der Waals surface area contributed by atoms with Gasteiger partial charge in [-0.15, -0.1) is 0 Å². The Balaban J connectivity index is 2.11. The highest BCUT2D eigenvalue weighted by Gasteiger charge is 2.10. The summed E-state index contributed by atoms with van der Waals surface area (Å²) in [6.07, 6.45) is 1.25. The van der Waals surface area contributed by atoms with Crippen molar-refractivity contribution in [3.8, 4) is 12.1 Å². The van der Waals surface area contributed by atoms with Crippen LogP contribution in [0.4, 0.5) is 11.4 Å². The summed E-state index contributed by atoms with van der Waals surface area (Å²) in [5.41, 5.74) is 1.74. The standard InChI is InChI=1S/C19H14N4O2/c1-13(24)14-6-8-17(9-7-14)23-19(25)16(11-21)12-22-18-5-3-2-4-15(18)10-20/h2-9,12,22H,1H3,(H,23,25)/b16-12-. The Morgan fingerprint density at radius 1 is 1.04 bits per heavy atom. The molecule has 0 aliphatic heterocycles. The SMILES string of the molecule is CC(=O)c1ccc(NC(=O)/C(C#N)=C\Nc2ccccc2C#N)cc1. The first-order valence-electron chi connectivity index (χ1n) is 7.33. The summed E-state index contributed by atoms with van der Waals surface area (Å²) >= 11 is 0. The third kappa shape index (κ3) is 4.54. The van der Waals surface area contributed by atoms with E-state index >= 15 is 0 Å². The number of nitrogens with one attached hydrogen (secondary N) is 2. The number of Topliss-reactive ketones (excluding diaryl/α,β-unsaturated/α-hetero) is 1. The lowest BCUT2D eigenvalue weighted by molar-refractivity contribution is -0.112. The van der Waals surface area contributed by atoms with E-state index < -0.39 is 5.91 Å². The van der Waals surface area contributed by atoms with Crippen molar-refractivity contribution >= 4 is 23.1 Å². The Bertz CT molecular complexity index is 916. The number of nitriles is 2. The number of hydrogen-bond donors (Lipinski definition) is 2. The number of carbonyl (C=O) groups is 2. The fraction of sp³-hybridized carbons (Fsp3) is 0.0526. The van der Waals surface area contributed by atoms with Crippen LogP contribution in [0.5, 0.6) is 0 Å². The number of para-hydroxylation sites is 1. The zero-order valence-electron chi connectivity index (χ0n) is 13.4. The fourth-order valence-corrected chi connectivity index (χ4v) is 1.99. The molecule has 0 bridgehead atoms. The maximum Gasteiger partial charge on any atom is 0.267 e. The van der Waals surface area contributed by atoms with Crippen molar-refractivity contribution in [2.75, 3.05) is 10.6 Å². The molecular formula is C19H14N4O2. The fourth-order valence-electron chi connectivity index (χ4n) is 1.99. The Morgan fingerprint density at radius 3 is 2.32 bits per heavy atom. The number of benzene rings is 2. The molecule has 0 atom stereocenters. The molecule has 6 heteroatoms. The molecule has 0 saturated carbocycles. The van der Waals surface area contributed by atoms with Crippen LogP contribution in [0.3, 0.4) is 0 Å². The van der Waals surface area contributed by atoms with E-state index in [0.717, 1.165) is 0 Å². The summed E-state index contributed by atoms with van der Waals surface area (Å²) in [6.45, 7) is 1.45. The van der Waals surface area contributed by atoms with Gasteiger partial charge in [0.15, 0.2) is 5.78 Å². The number of anilines is 2. The minimum atomic E-state index is -0.597. The maximum atomic E-state index is 12.2. The van der Waals surface area contributed by atoms with Crippen molar-refractivity contribution in [3.05, 3.63) is 71.4 Å². The van der Waals surface area contributed by atoms with Crippen LogP contribution in [0.1, 0.15) is 22.8 Å². The summed E-state index contributed by atoms with van der Waals surface area (Å²) in [4.78, 5) is 23.4.